The molecule has 2 rings (SSSR count). The second-order valence-corrected chi connectivity index (χ2v) is 3.03. The summed E-state index contributed by atoms with van der Waals surface area (Å²) in [7, 11) is 0. The molecule has 0 fully saturated rings. The summed E-state index contributed by atoms with van der Waals surface area (Å²) >= 11 is 0. The van der Waals surface area contributed by atoms with Gasteiger partial charge in [0.15, 0.2) is 0 Å². The largest absolute Gasteiger partial charge is 0.432 e. The first-order valence-electron chi connectivity index (χ1n) is 4.24. The average Bonchev–Trinajstić information content (AvgIpc) is 2.38. The number of nitrogens with zero attached hydrogens (tertiary/aromatic N) is 1. The van der Waals surface area contributed by atoms with Crippen molar-refractivity contribution in [1.29, 1.82) is 0 Å². The van der Waals surface area contributed by atoms with Crippen LogP contribution in [0.3, 0.4) is 0 Å². The number of allylic oxidation sites excluding steroid dienone is 1. The van der Waals surface area contributed by atoms with Gasteiger partial charge in [-0.2, -0.15) is 13.2 Å². The summed E-state index contributed by atoms with van der Waals surface area (Å²) in [5.74, 6) is 0. The third-order valence-corrected chi connectivity index (χ3v) is 1.95. The SMILES string of the molecule is FC(F)(F)C1=CN=Cc2ccccc2N1. The zero-order chi connectivity index (χ0) is 10.9. The van der Waals surface area contributed by atoms with Gasteiger partial charge in [-0.25, -0.2) is 0 Å². The van der Waals surface area contributed by atoms with Crippen molar-refractivity contribution in [3.05, 3.63) is 41.7 Å². The Morgan fingerprint density at radius 3 is 2.60 bits per heavy atom. The van der Waals surface area contributed by atoms with Gasteiger partial charge in [0.1, 0.15) is 5.70 Å². The predicted octanol–water partition coefficient (Wildman–Crippen LogP) is 2.93. The number of nitrogens with one attached hydrogen (secondary N) is 1. The van der Waals surface area contributed by atoms with Crippen LogP contribution in [-0.2, 0) is 0 Å². The molecule has 0 atom stereocenters. The fourth-order valence-electron chi connectivity index (χ4n) is 1.24. The molecule has 0 aromatic heterocycles. The van der Waals surface area contributed by atoms with E-state index in [2.05, 4.69) is 10.3 Å². The van der Waals surface area contributed by atoms with Crippen LogP contribution in [0, 0.1) is 0 Å². The Bertz CT molecular complexity index is 433. The Morgan fingerprint density at radius 1 is 1.13 bits per heavy atom. The molecule has 0 spiro atoms. The van der Waals surface area contributed by atoms with Crippen molar-refractivity contribution in [3.8, 4) is 0 Å². The lowest BCUT2D eigenvalue weighted by Gasteiger charge is -2.13. The molecule has 1 N–H and O–H groups in total. The van der Waals surface area contributed by atoms with Crippen molar-refractivity contribution in [2.45, 2.75) is 6.18 Å². The fraction of sp³-hybridized carbons (Fsp3) is 0.100. The highest BCUT2D eigenvalue weighted by Gasteiger charge is 2.34. The molecule has 15 heavy (non-hydrogen) atoms. The van der Waals surface area contributed by atoms with Gasteiger partial charge in [0.2, 0.25) is 0 Å². The molecular weight excluding hydrogens is 205 g/mol. The van der Waals surface area contributed by atoms with Gasteiger partial charge >= 0.3 is 6.18 Å². The summed E-state index contributed by atoms with van der Waals surface area (Å²) in [6, 6.07) is 6.68. The van der Waals surface area contributed by atoms with Gasteiger partial charge in [0.25, 0.3) is 0 Å². The zero-order valence-electron chi connectivity index (χ0n) is 7.55. The van der Waals surface area contributed by atoms with Crippen LogP contribution in [0.1, 0.15) is 5.56 Å². The van der Waals surface area contributed by atoms with E-state index in [-0.39, 0.29) is 0 Å². The lowest BCUT2D eigenvalue weighted by Crippen LogP contribution is -2.18. The number of rotatable bonds is 0. The summed E-state index contributed by atoms with van der Waals surface area (Å²) in [5.41, 5.74) is 0.180. The molecular formula is C10H7F3N2. The van der Waals surface area contributed by atoms with E-state index >= 15 is 0 Å². The minimum absolute atomic E-state index is 0.405. The van der Waals surface area contributed by atoms with Crippen molar-refractivity contribution in [2.75, 3.05) is 5.32 Å². The van der Waals surface area contributed by atoms with E-state index in [1.165, 1.54) is 6.21 Å². The predicted molar refractivity (Wildman–Crippen MR) is 51.8 cm³/mol. The number of aliphatic imine (C=N–C) groups is 1. The summed E-state index contributed by atoms with van der Waals surface area (Å²) in [6.45, 7) is 0. The van der Waals surface area contributed by atoms with Crippen LogP contribution >= 0.6 is 0 Å². The Hall–Kier alpha value is -1.78. The number of hydrogen-bond acceptors (Lipinski definition) is 2. The molecule has 1 aromatic carbocycles. The normalized spacial score (nSPS) is 15.0. The summed E-state index contributed by atoms with van der Waals surface area (Å²) in [4.78, 5) is 3.59. The first-order chi connectivity index (χ1) is 7.07. The van der Waals surface area contributed by atoms with Crippen LogP contribution in [0.5, 0.6) is 0 Å². The molecule has 1 aliphatic rings. The molecule has 0 saturated carbocycles. The fourth-order valence-corrected chi connectivity index (χ4v) is 1.24. The maximum atomic E-state index is 12.4. The van der Waals surface area contributed by atoms with Crippen LogP contribution in [0.15, 0.2) is 41.2 Å². The molecule has 0 saturated heterocycles. The minimum Gasteiger partial charge on any atom is -0.350 e. The van der Waals surface area contributed by atoms with Crippen LogP contribution in [0.4, 0.5) is 18.9 Å². The molecule has 0 unspecified atom stereocenters. The minimum atomic E-state index is -4.41. The van der Waals surface area contributed by atoms with E-state index < -0.39 is 11.9 Å². The molecule has 78 valence electrons. The van der Waals surface area contributed by atoms with Gasteiger partial charge in [-0.1, -0.05) is 18.2 Å². The van der Waals surface area contributed by atoms with Gasteiger partial charge in [-0.15, -0.1) is 0 Å². The quantitative estimate of drug-likeness (QED) is 0.702. The third kappa shape index (κ3) is 2.01. The molecule has 0 radical (unpaired) electrons. The van der Waals surface area contributed by atoms with E-state index in [4.69, 9.17) is 0 Å². The Labute approximate surface area is 84.1 Å². The monoisotopic (exact) mass is 212 g/mol. The smallest absolute Gasteiger partial charge is 0.350 e. The van der Waals surface area contributed by atoms with Crippen LogP contribution < -0.4 is 5.32 Å². The van der Waals surface area contributed by atoms with Crippen molar-refractivity contribution >= 4 is 11.9 Å². The number of halogens is 3. The van der Waals surface area contributed by atoms with Crippen molar-refractivity contribution in [3.63, 3.8) is 0 Å². The lowest BCUT2D eigenvalue weighted by molar-refractivity contribution is -0.0904. The van der Waals surface area contributed by atoms with Gasteiger partial charge in [-0.3, -0.25) is 4.99 Å². The van der Waals surface area contributed by atoms with Crippen LogP contribution in [-0.4, -0.2) is 12.4 Å². The Balaban J connectivity index is 2.40. The standard InChI is InChI=1S/C10H7F3N2/c11-10(12,13)9-6-14-5-7-3-1-2-4-8(7)15-9/h1-6,15H. The zero-order valence-corrected chi connectivity index (χ0v) is 7.55. The van der Waals surface area contributed by atoms with Crippen molar-refractivity contribution < 1.29 is 13.2 Å². The summed E-state index contributed by atoms with van der Waals surface area (Å²) < 4.78 is 37.2. The first-order valence-corrected chi connectivity index (χ1v) is 4.24. The van der Waals surface area contributed by atoms with E-state index in [0.29, 0.717) is 11.3 Å². The van der Waals surface area contributed by atoms with Gasteiger partial charge in [0, 0.05) is 17.5 Å². The van der Waals surface area contributed by atoms with Crippen LogP contribution in [0.25, 0.3) is 0 Å². The summed E-state index contributed by atoms with van der Waals surface area (Å²) in [5, 5.41) is 2.31. The number of para-hydroxylation sites is 1. The van der Waals surface area contributed by atoms with Gasteiger partial charge in [-0.05, 0) is 6.07 Å². The molecule has 0 aliphatic carbocycles. The number of fused-ring (bicyclic) bond motifs is 1. The first kappa shape index (κ1) is 9.76. The van der Waals surface area contributed by atoms with Gasteiger partial charge < -0.3 is 5.32 Å². The average molecular weight is 212 g/mol. The second kappa shape index (κ2) is 3.42. The highest BCUT2D eigenvalue weighted by atomic mass is 19.4. The Kier molecular flexibility index (Phi) is 2.22. The maximum Gasteiger partial charge on any atom is 0.432 e. The molecule has 2 nitrogen and oxygen atoms in total. The summed E-state index contributed by atoms with van der Waals surface area (Å²) in [6.07, 6.45) is -2.24. The molecule has 0 bridgehead atoms. The highest BCUT2D eigenvalue weighted by Crippen LogP contribution is 2.29. The van der Waals surface area contributed by atoms with Crippen molar-refractivity contribution in [1.82, 2.24) is 0 Å². The number of anilines is 1. The Morgan fingerprint density at radius 2 is 1.87 bits per heavy atom. The van der Waals surface area contributed by atoms with E-state index in [9.17, 15) is 13.2 Å². The molecule has 0 amide bonds. The molecule has 1 aromatic rings. The van der Waals surface area contributed by atoms with Gasteiger partial charge in [0.05, 0.1) is 6.20 Å². The number of alkyl halides is 3. The second-order valence-electron chi connectivity index (χ2n) is 3.03. The lowest BCUT2D eigenvalue weighted by atomic mass is 10.2. The van der Waals surface area contributed by atoms with E-state index in [0.717, 1.165) is 6.20 Å². The maximum absolute atomic E-state index is 12.4. The van der Waals surface area contributed by atoms with E-state index in [1.807, 2.05) is 0 Å². The molecule has 1 aliphatic heterocycles. The number of hydrogen-bond donors (Lipinski definition) is 1. The molecule has 5 heteroatoms. The van der Waals surface area contributed by atoms with Crippen LogP contribution in [0.2, 0.25) is 0 Å². The number of benzene rings is 1. The topological polar surface area (TPSA) is 24.4 Å². The van der Waals surface area contributed by atoms with E-state index in [1.54, 1.807) is 24.3 Å². The molecule has 1 heterocycles. The highest BCUT2D eigenvalue weighted by molar-refractivity contribution is 5.89. The van der Waals surface area contributed by atoms with Crippen molar-refractivity contribution in [2.24, 2.45) is 4.99 Å². The third-order valence-electron chi connectivity index (χ3n) is 1.95.